The van der Waals surface area contributed by atoms with Gasteiger partial charge in [-0.1, -0.05) is 30.3 Å². The zero-order chi connectivity index (χ0) is 13.7. The van der Waals surface area contributed by atoms with Crippen molar-refractivity contribution in [1.29, 1.82) is 0 Å². The number of benzene rings is 1. The van der Waals surface area contributed by atoms with Crippen molar-refractivity contribution < 1.29 is 5.21 Å². The highest BCUT2D eigenvalue weighted by molar-refractivity contribution is 5.97. The van der Waals surface area contributed by atoms with Crippen molar-refractivity contribution in [2.75, 3.05) is 32.7 Å². The molecule has 5 nitrogen and oxygen atoms in total. The molecule has 1 aliphatic rings. The quantitative estimate of drug-likeness (QED) is 0.366. The van der Waals surface area contributed by atoms with Crippen LogP contribution in [0.25, 0.3) is 0 Å². The van der Waals surface area contributed by atoms with Crippen molar-refractivity contribution in [2.24, 2.45) is 10.9 Å². The molecule has 2 rings (SSSR count). The van der Waals surface area contributed by atoms with Crippen LogP contribution < -0.4 is 5.73 Å². The minimum Gasteiger partial charge on any atom is -0.409 e. The smallest absolute Gasteiger partial charge is 0.170 e. The van der Waals surface area contributed by atoms with Gasteiger partial charge in [-0.05, 0) is 18.2 Å². The molecule has 0 radical (unpaired) electrons. The molecule has 1 aromatic carbocycles. The average Bonchev–Trinajstić information content (AvgIpc) is 2.47. The predicted octanol–water partition coefficient (Wildman–Crippen LogP) is 0.919. The van der Waals surface area contributed by atoms with Crippen molar-refractivity contribution in [1.82, 2.24) is 9.80 Å². The Balaban J connectivity index is 1.96. The zero-order valence-electron chi connectivity index (χ0n) is 11.4. The maximum Gasteiger partial charge on any atom is 0.170 e. The lowest BCUT2D eigenvalue weighted by atomic mass is 10.1. The molecule has 0 bridgehead atoms. The first-order chi connectivity index (χ1) is 9.22. The Hall–Kier alpha value is -1.59. The minimum absolute atomic E-state index is 0.164. The molecular formula is C14H22N4O. The van der Waals surface area contributed by atoms with E-state index in [0.29, 0.717) is 0 Å². The Bertz CT molecular complexity index is 439. The van der Waals surface area contributed by atoms with Crippen molar-refractivity contribution in [3.63, 3.8) is 0 Å². The molecule has 1 fully saturated rings. The van der Waals surface area contributed by atoms with Crippen molar-refractivity contribution in [3.05, 3.63) is 35.4 Å². The summed E-state index contributed by atoms with van der Waals surface area (Å²) < 4.78 is 0. The monoisotopic (exact) mass is 262 g/mol. The van der Waals surface area contributed by atoms with E-state index in [0.717, 1.165) is 44.8 Å². The fourth-order valence-electron chi connectivity index (χ4n) is 2.41. The average molecular weight is 262 g/mol. The molecule has 3 N–H and O–H groups in total. The van der Waals surface area contributed by atoms with Gasteiger partial charge in [-0.3, -0.25) is 4.90 Å². The Morgan fingerprint density at radius 1 is 1.26 bits per heavy atom. The number of nitrogens with zero attached hydrogens (tertiary/aromatic N) is 3. The molecule has 0 atom stereocenters. The summed E-state index contributed by atoms with van der Waals surface area (Å²) >= 11 is 0. The van der Waals surface area contributed by atoms with Crippen LogP contribution in [0.5, 0.6) is 0 Å². The maximum atomic E-state index is 8.70. The first-order valence-electron chi connectivity index (χ1n) is 6.74. The number of oxime groups is 1. The summed E-state index contributed by atoms with van der Waals surface area (Å²) in [5.41, 5.74) is 7.59. The van der Waals surface area contributed by atoms with E-state index in [4.69, 9.17) is 10.9 Å². The lowest BCUT2D eigenvalue weighted by molar-refractivity contribution is 0.132. The maximum absolute atomic E-state index is 8.70. The second-order valence-corrected chi connectivity index (χ2v) is 4.90. The molecular weight excluding hydrogens is 240 g/mol. The first kappa shape index (κ1) is 13.8. The van der Waals surface area contributed by atoms with Crippen LogP contribution >= 0.6 is 0 Å². The van der Waals surface area contributed by atoms with Crippen LogP contribution in [0.4, 0.5) is 0 Å². The number of rotatable bonds is 4. The molecule has 19 heavy (non-hydrogen) atoms. The van der Waals surface area contributed by atoms with Crippen molar-refractivity contribution in [2.45, 2.75) is 13.5 Å². The minimum atomic E-state index is 0.164. The van der Waals surface area contributed by atoms with E-state index in [1.54, 1.807) is 0 Å². The Kier molecular flexibility index (Phi) is 4.76. The summed E-state index contributed by atoms with van der Waals surface area (Å²) in [6, 6.07) is 7.88. The Morgan fingerprint density at radius 2 is 1.95 bits per heavy atom. The fraction of sp³-hybridized carbons (Fsp3) is 0.500. The SMILES string of the molecule is CCN1CCN(Cc2cccc(/C(N)=N/O)c2)CC1. The number of likely N-dealkylation sites (N-methyl/N-ethyl adjacent to an activating group) is 1. The lowest BCUT2D eigenvalue weighted by Crippen LogP contribution is -2.45. The molecule has 0 unspecified atom stereocenters. The highest BCUT2D eigenvalue weighted by atomic mass is 16.4. The first-order valence-corrected chi connectivity index (χ1v) is 6.74. The second kappa shape index (κ2) is 6.54. The standard InChI is InChI=1S/C14H22N4O/c1-2-17-6-8-18(9-7-17)11-12-4-3-5-13(10-12)14(15)16-19/h3-5,10,19H,2,6-9,11H2,1H3,(H2,15,16). The molecule has 1 saturated heterocycles. The van der Waals surface area contributed by atoms with Gasteiger partial charge in [0, 0.05) is 38.3 Å². The molecule has 0 aliphatic carbocycles. The molecule has 0 spiro atoms. The number of amidine groups is 1. The molecule has 1 aromatic rings. The molecule has 0 aromatic heterocycles. The van der Waals surface area contributed by atoms with Gasteiger partial charge in [0.05, 0.1) is 0 Å². The van der Waals surface area contributed by atoms with Crippen LogP contribution in [0.1, 0.15) is 18.1 Å². The van der Waals surface area contributed by atoms with Gasteiger partial charge in [0.15, 0.2) is 5.84 Å². The van der Waals surface area contributed by atoms with E-state index < -0.39 is 0 Å². The number of piperazine rings is 1. The third-order valence-corrected chi connectivity index (χ3v) is 3.65. The fourth-order valence-corrected chi connectivity index (χ4v) is 2.41. The van der Waals surface area contributed by atoms with E-state index in [1.807, 2.05) is 18.2 Å². The van der Waals surface area contributed by atoms with Crippen molar-refractivity contribution >= 4 is 5.84 Å². The summed E-state index contributed by atoms with van der Waals surface area (Å²) in [7, 11) is 0. The molecule has 5 heteroatoms. The molecule has 0 amide bonds. The molecule has 1 aliphatic heterocycles. The number of hydrogen-bond donors (Lipinski definition) is 2. The van der Waals surface area contributed by atoms with Crippen LogP contribution in [-0.2, 0) is 6.54 Å². The number of nitrogens with two attached hydrogens (primary N) is 1. The summed E-state index contributed by atoms with van der Waals surface area (Å²) in [6.07, 6.45) is 0. The highest BCUT2D eigenvalue weighted by Gasteiger charge is 2.15. The van der Waals surface area contributed by atoms with Gasteiger partial charge in [-0.25, -0.2) is 0 Å². The largest absolute Gasteiger partial charge is 0.409 e. The van der Waals surface area contributed by atoms with Crippen LogP contribution in [0.2, 0.25) is 0 Å². The number of hydrogen-bond acceptors (Lipinski definition) is 4. The van der Waals surface area contributed by atoms with Gasteiger partial charge in [-0.2, -0.15) is 0 Å². The third-order valence-electron chi connectivity index (χ3n) is 3.65. The molecule has 0 saturated carbocycles. The molecule has 1 heterocycles. The zero-order valence-corrected chi connectivity index (χ0v) is 11.4. The van der Waals surface area contributed by atoms with E-state index in [9.17, 15) is 0 Å². The third kappa shape index (κ3) is 3.68. The Morgan fingerprint density at radius 3 is 2.58 bits per heavy atom. The lowest BCUT2D eigenvalue weighted by Gasteiger charge is -2.34. The van der Waals surface area contributed by atoms with Crippen LogP contribution in [-0.4, -0.2) is 53.6 Å². The van der Waals surface area contributed by atoms with Gasteiger partial charge in [0.2, 0.25) is 0 Å². The van der Waals surface area contributed by atoms with Gasteiger partial charge in [0.1, 0.15) is 0 Å². The topological polar surface area (TPSA) is 65.1 Å². The highest BCUT2D eigenvalue weighted by Crippen LogP contribution is 2.10. The van der Waals surface area contributed by atoms with Gasteiger partial charge < -0.3 is 15.8 Å². The predicted molar refractivity (Wildman–Crippen MR) is 76.3 cm³/mol. The van der Waals surface area contributed by atoms with Crippen LogP contribution in [0.3, 0.4) is 0 Å². The van der Waals surface area contributed by atoms with E-state index in [-0.39, 0.29) is 5.84 Å². The van der Waals surface area contributed by atoms with Gasteiger partial charge in [-0.15, -0.1) is 0 Å². The van der Waals surface area contributed by atoms with Crippen molar-refractivity contribution in [3.8, 4) is 0 Å². The Labute approximate surface area is 114 Å². The van der Waals surface area contributed by atoms with Crippen LogP contribution in [0.15, 0.2) is 29.4 Å². The summed E-state index contributed by atoms with van der Waals surface area (Å²) in [6.45, 7) is 8.73. The van der Waals surface area contributed by atoms with E-state index in [1.165, 1.54) is 5.56 Å². The summed E-state index contributed by atoms with van der Waals surface area (Å²) in [5, 5.41) is 11.7. The van der Waals surface area contributed by atoms with E-state index in [2.05, 4.69) is 27.9 Å². The van der Waals surface area contributed by atoms with Crippen LogP contribution in [0, 0.1) is 0 Å². The summed E-state index contributed by atoms with van der Waals surface area (Å²) in [5.74, 6) is 0.164. The summed E-state index contributed by atoms with van der Waals surface area (Å²) in [4.78, 5) is 4.90. The van der Waals surface area contributed by atoms with Gasteiger partial charge in [0.25, 0.3) is 0 Å². The second-order valence-electron chi connectivity index (χ2n) is 4.90. The molecule has 104 valence electrons. The van der Waals surface area contributed by atoms with Gasteiger partial charge >= 0.3 is 0 Å². The van der Waals surface area contributed by atoms with E-state index >= 15 is 0 Å². The normalized spacial score (nSPS) is 18.7.